The van der Waals surface area contributed by atoms with E-state index >= 15 is 0 Å². The maximum Gasteiger partial charge on any atom is 0.135 e. The van der Waals surface area contributed by atoms with Gasteiger partial charge < -0.3 is 20.9 Å². The van der Waals surface area contributed by atoms with Crippen LogP contribution in [0, 0.1) is 0 Å². The van der Waals surface area contributed by atoms with Crippen LogP contribution >= 0.6 is 0 Å². The fourth-order valence-corrected chi connectivity index (χ4v) is 3.77. The van der Waals surface area contributed by atoms with Gasteiger partial charge in [-0.15, -0.1) is 0 Å². The number of nitrogens with two attached hydrogens (primary N) is 2. The Labute approximate surface area is 199 Å². The van der Waals surface area contributed by atoms with Crippen LogP contribution in [-0.4, -0.2) is 0 Å². The predicted octanol–water partition coefficient (Wildman–Crippen LogP) is 7.77. The molecule has 4 nitrogen and oxygen atoms in total. The molecule has 0 aliphatic heterocycles. The summed E-state index contributed by atoms with van der Waals surface area (Å²) in [6.45, 7) is 0. The van der Waals surface area contributed by atoms with Gasteiger partial charge in [0.1, 0.15) is 23.0 Å². The zero-order valence-electron chi connectivity index (χ0n) is 18.5. The van der Waals surface area contributed by atoms with E-state index in [9.17, 15) is 0 Å². The van der Waals surface area contributed by atoms with E-state index in [1.165, 1.54) is 0 Å². The Hall–Kier alpha value is -4.70. The van der Waals surface area contributed by atoms with Gasteiger partial charge in [0.15, 0.2) is 0 Å². The molecule has 0 bridgehead atoms. The van der Waals surface area contributed by atoms with Gasteiger partial charge in [-0.3, -0.25) is 0 Å². The van der Waals surface area contributed by atoms with Crippen molar-refractivity contribution in [1.82, 2.24) is 0 Å². The van der Waals surface area contributed by atoms with Gasteiger partial charge >= 0.3 is 0 Å². The van der Waals surface area contributed by atoms with Crippen molar-refractivity contribution < 1.29 is 9.47 Å². The van der Waals surface area contributed by atoms with Gasteiger partial charge in [-0.1, -0.05) is 54.6 Å². The normalized spacial score (nSPS) is 10.6. The molecule has 0 spiro atoms. The van der Waals surface area contributed by atoms with Crippen molar-refractivity contribution in [2.45, 2.75) is 0 Å². The minimum atomic E-state index is 0.702. The first kappa shape index (κ1) is 21.2. The van der Waals surface area contributed by atoms with Crippen molar-refractivity contribution in [1.29, 1.82) is 0 Å². The minimum Gasteiger partial charge on any atom is -0.457 e. The van der Waals surface area contributed by atoms with Crippen molar-refractivity contribution >= 4 is 11.4 Å². The molecule has 166 valence electrons. The topological polar surface area (TPSA) is 70.5 Å². The van der Waals surface area contributed by atoms with E-state index in [4.69, 9.17) is 20.9 Å². The number of rotatable bonds is 6. The molecule has 34 heavy (non-hydrogen) atoms. The second kappa shape index (κ2) is 9.43. The molecule has 0 radical (unpaired) electrons. The summed E-state index contributed by atoms with van der Waals surface area (Å²) >= 11 is 0. The highest BCUT2D eigenvalue weighted by molar-refractivity contribution is 5.79. The highest BCUT2D eigenvalue weighted by Gasteiger charge is 2.11. The molecule has 0 heterocycles. The monoisotopic (exact) mass is 444 g/mol. The van der Waals surface area contributed by atoms with Gasteiger partial charge in [0.05, 0.1) is 0 Å². The largest absolute Gasteiger partial charge is 0.457 e. The zero-order valence-corrected chi connectivity index (χ0v) is 18.5. The van der Waals surface area contributed by atoms with Crippen LogP contribution in [0.15, 0.2) is 121 Å². The molecule has 0 atom stereocenters. The zero-order chi connectivity index (χ0) is 23.3. The molecule has 0 saturated heterocycles. The summed E-state index contributed by atoms with van der Waals surface area (Å²) in [5.41, 5.74) is 17.1. The van der Waals surface area contributed by atoms with Crippen molar-refractivity contribution in [3.05, 3.63) is 121 Å². The molecule has 0 unspecified atom stereocenters. The Morgan fingerprint density at radius 3 is 1.26 bits per heavy atom. The van der Waals surface area contributed by atoms with E-state index in [0.717, 1.165) is 45.3 Å². The first-order valence-electron chi connectivity index (χ1n) is 11.0. The lowest BCUT2D eigenvalue weighted by Crippen LogP contribution is -1.91. The Morgan fingerprint density at radius 1 is 0.412 bits per heavy atom. The summed E-state index contributed by atoms with van der Waals surface area (Å²) < 4.78 is 12.4. The number of benzene rings is 5. The van der Waals surface area contributed by atoms with Crippen LogP contribution < -0.4 is 20.9 Å². The van der Waals surface area contributed by atoms with Gasteiger partial charge in [-0.2, -0.15) is 0 Å². The summed E-state index contributed by atoms with van der Waals surface area (Å²) in [7, 11) is 0. The number of nitrogen functional groups attached to an aromatic ring is 2. The van der Waals surface area contributed by atoms with Crippen molar-refractivity contribution in [2.75, 3.05) is 11.5 Å². The molecule has 0 aromatic heterocycles. The number of hydrogen-bond acceptors (Lipinski definition) is 4. The maximum absolute atomic E-state index is 6.19. The van der Waals surface area contributed by atoms with E-state index in [1.54, 1.807) is 0 Å². The third kappa shape index (κ3) is 4.71. The van der Waals surface area contributed by atoms with Crippen molar-refractivity contribution in [2.24, 2.45) is 0 Å². The maximum atomic E-state index is 6.19. The average molecular weight is 445 g/mol. The Bertz CT molecular complexity index is 1300. The van der Waals surface area contributed by atoms with Gasteiger partial charge in [-0.25, -0.2) is 0 Å². The molecule has 5 rings (SSSR count). The van der Waals surface area contributed by atoms with Crippen LogP contribution in [0.1, 0.15) is 0 Å². The standard InChI is InChI=1S/C30H24N2O2/c31-23-12-16-25(17-13-23)33-29-10-3-1-8-27(29)21-6-5-7-22(20-21)28-9-2-4-11-30(28)34-26-18-14-24(32)15-19-26/h1-20H,31-32H2. The molecule has 4 N–H and O–H groups in total. The molecule has 0 aliphatic rings. The summed E-state index contributed by atoms with van der Waals surface area (Å²) in [6, 6.07) is 39.2. The second-order valence-electron chi connectivity index (χ2n) is 7.92. The number of ether oxygens (including phenoxy) is 2. The van der Waals surface area contributed by atoms with Crippen LogP contribution in [0.2, 0.25) is 0 Å². The molecule has 5 aromatic carbocycles. The molecule has 0 aliphatic carbocycles. The number of para-hydroxylation sites is 2. The van der Waals surface area contributed by atoms with Gasteiger partial charge in [-0.05, 0) is 77.9 Å². The van der Waals surface area contributed by atoms with Crippen LogP contribution in [0.5, 0.6) is 23.0 Å². The Balaban J connectivity index is 1.49. The molecular weight excluding hydrogens is 420 g/mol. The molecule has 0 saturated carbocycles. The summed E-state index contributed by atoms with van der Waals surface area (Å²) in [6.07, 6.45) is 0. The summed E-state index contributed by atoms with van der Waals surface area (Å²) in [4.78, 5) is 0. The third-order valence-electron chi connectivity index (χ3n) is 5.47. The van der Waals surface area contributed by atoms with E-state index in [1.807, 2.05) is 91.0 Å². The SMILES string of the molecule is Nc1ccc(Oc2ccccc2-c2cccc(-c3ccccc3Oc3ccc(N)cc3)c2)cc1. The summed E-state index contributed by atoms with van der Waals surface area (Å²) in [5.74, 6) is 3.02. The molecule has 0 amide bonds. The van der Waals surface area contributed by atoms with Gasteiger partial charge in [0, 0.05) is 22.5 Å². The van der Waals surface area contributed by atoms with Crippen LogP contribution in [0.3, 0.4) is 0 Å². The third-order valence-corrected chi connectivity index (χ3v) is 5.47. The predicted molar refractivity (Wildman–Crippen MR) is 139 cm³/mol. The smallest absolute Gasteiger partial charge is 0.135 e. The lowest BCUT2D eigenvalue weighted by molar-refractivity contribution is 0.484. The first-order chi connectivity index (χ1) is 16.7. The van der Waals surface area contributed by atoms with E-state index in [0.29, 0.717) is 11.4 Å². The highest BCUT2D eigenvalue weighted by atomic mass is 16.5. The van der Waals surface area contributed by atoms with E-state index in [-0.39, 0.29) is 0 Å². The Kier molecular flexibility index (Phi) is 5.87. The van der Waals surface area contributed by atoms with E-state index in [2.05, 4.69) is 30.3 Å². The lowest BCUT2D eigenvalue weighted by atomic mass is 9.98. The van der Waals surface area contributed by atoms with Gasteiger partial charge in [0.25, 0.3) is 0 Å². The highest BCUT2D eigenvalue weighted by Crippen LogP contribution is 2.38. The number of anilines is 2. The fourth-order valence-electron chi connectivity index (χ4n) is 3.77. The second-order valence-corrected chi connectivity index (χ2v) is 7.92. The van der Waals surface area contributed by atoms with Crippen LogP contribution in [0.25, 0.3) is 22.3 Å². The average Bonchev–Trinajstić information content (AvgIpc) is 2.88. The molecule has 0 fully saturated rings. The summed E-state index contributed by atoms with van der Waals surface area (Å²) in [5, 5.41) is 0. The quantitative estimate of drug-likeness (QED) is 0.262. The number of hydrogen-bond donors (Lipinski definition) is 2. The van der Waals surface area contributed by atoms with Crippen LogP contribution in [0.4, 0.5) is 11.4 Å². The fraction of sp³-hybridized carbons (Fsp3) is 0. The first-order valence-corrected chi connectivity index (χ1v) is 11.0. The van der Waals surface area contributed by atoms with Gasteiger partial charge in [0.2, 0.25) is 0 Å². The minimum absolute atomic E-state index is 0.702. The molecule has 5 aromatic rings. The van der Waals surface area contributed by atoms with E-state index < -0.39 is 0 Å². The Morgan fingerprint density at radius 2 is 0.824 bits per heavy atom. The molecule has 4 heteroatoms. The van der Waals surface area contributed by atoms with Crippen molar-refractivity contribution in [3.8, 4) is 45.3 Å². The van der Waals surface area contributed by atoms with Crippen LogP contribution in [-0.2, 0) is 0 Å². The van der Waals surface area contributed by atoms with Crippen molar-refractivity contribution in [3.63, 3.8) is 0 Å². The lowest BCUT2D eigenvalue weighted by Gasteiger charge is -2.14. The molecular formula is C30H24N2O2.